The van der Waals surface area contributed by atoms with Crippen LogP contribution < -0.4 is 0 Å². The van der Waals surface area contributed by atoms with Crippen molar-refractivity contribution in [1.29, 1.82) is 0 Å². The molecule has 10 rings (SSSR count). The van der Waals surface area contributed by atoms with Crippen molar-refractivity contribution in [2.24, 2.45) is 0 Å². The molecule has 0 radical (unpaired) electrons. The molecule has 45 heavy (non-hydrogen) atoms. The number of para-hydroxylation sites is 3. The van der Waals surface area contributed by atoms with Crippen molar-refractivity contribution in [3.05, 3.63) is 158 Å². The third-order valence-electron chi connectivity index (χ3n) is 9.32. The first-order valence-corrected chi connectivity index (χ1v) is 17.1. The summed E-state index contributed by atoms with van der Waals surface area (Å²) in [6, 6.07) is 58.1. The average molecular weight is 638 g/mol. The SMILES string of the molecule is c1ccc(-c2ccc3[se]c4ccccc4c3c2-n2c3ccccc3c3ccc(-n4c5ccccc5c5ccccc54)cc32)cc1. The van der Waals surface area contributed by atoms with E-state index in [0.29, 0.717) is 0 Å². The number of rotatable bonds is 3. The van der Waals surface area contributed by atoms with E-state index in [9.17, 15) is 0 Å². The molecule has 3 heterocycles. The number of hydrogen-bond acceptors (Lipinski definition) is 0. The number of aromatic nitrogens is 2. The average Bonchev–Trinajstić information content (AvgIpc) is 3.76. The van der Waals surface area contributed by atoms with E-state index in [4.69, 9.17) is 0 Å². The molecular formula is C42H26N2Se. The van der Waals surface area contributed by atoms with Crippen LogP contribution in [0.5, 0.6) is 0 Å². The normalized spacial score (nSPS) is 12.0. The van der Waals surface area contributed by atoms with Crippen molar-refractivity contribution in [3.63, 3.8) is 0 Å². The fourth-order valence-electron chi connectivity index (χ4n) is 7.42. The predicted octanol–water partition coefficient (Wildman–Crippen LogP) is 10.9. The van der Waals surface area contributed by atoms with Gasteiger partial charge in [-0.3, -0.25) is 0 Å². The summed E-state index contributed by atoms with van der Waals surface area (Å²) in [5, 5.41) is 7.83. The van der Waals surface area contributed by atoms with Gasteiger partial charge in [-0.1, -0.05) is 0 Å². The molecule has 0 unspecified atom stereocenters. The molecule has 2 nitrogen and oxygen atoms in total. The molecule has 3 heteroatoms. The van der Waals surface area contributed by atoms with E-state index in [1.807, 2.05) is 0 Å². The molecule has 10 aromatic rings. The van der Waals surface area contributed by atoms with Gasteiger partial charge in [0.05, 0.1) is 0 Å². The van der Waals surface area contributed by atoms with Crippen molar-refractivity contribution >= 4 is 77.4 Å². The Bertz CT molecular complexity index is 2710. The maximum absolute atomic E-state index is 2.56. The summed E-state index contributed by atoms with van der Waals surface area (Å²) in [6.45, 7) is 0. The molecule has 0 saturated heterocycles. The molecule has 0 aliphatic carbocycles. The van der Waals surface area contributed by atoms with Crippen LogP contribution in [0.2, 0.25) is 0 Å². The van der Waals surface area contributed by atoms with E-state index in [2.05, 4.69) is 167 Å². The molecule has 0 saturated carbocycles. The molecule has 0 bridgehead atoms. The Hall–Kier alpha value is -5.34. The summed E-state index contributed by atoms with van der Waals surface area (Å²) < 4.78 is 7.89. The van der Waals surface area contributed by atoms with Crippen LogP contribution in [-0.4, -0.2) is 23.6 Å². The first kappa shape index (κ1) is 25.0. The van der Waals surface area contributed by atoms with Crippen molar-refractivity contribution in [2.45, 2.75) is 0 Å². The Labute approximate surface area is 265 Å². The van der Waals surface area contributed by atoms with Crippen LogP contribution in [0.25, 0.3) is 85.4 Å². The fraction of sp³-hybridized carbons (Fsp3) is 0. The molecular weight excluding hydrogens is 611 g/mol. The number of hydrogen-bond donors (Lipinski definition) is 0. The van der Waals surface area contributed by atoms with Crippen LogP contribution in [0.15, 0.2) is 158 Å². The number of fused-ring (bicyclic) bond motifs is 9. The van der Waals surface area contributed by atoms with Gasteiger partial charge in [-0.05, 0) is 0 Å². The predicted molar refractivity (Wildman–Crippen MR) is 193 cm³/mol. The van der Waals surface area contributed by atoms with Crippen LogP contribution in [-0.2, 0) is 0 Å². The molecule has 7 aromatic carbocycles. The quantitative estimate of drug-likeness (QED) is 0.171. The summed E-state index contributed by atoms with van der Waals surface area (Å²) >= 11 is 0.267. The van der Waals surface area contributed by atoms with Crippen molar-refractivity contribution in [1.82, 2.24) is 9.13 Å². The zero-order chi connectivity index (χ0) is 29.5. The van der Waals surface area contributed by atoms with E-state index < -0.39 is 0 Å². The second-order valence-electron chi connectivity index (χ2n) is 11.7. The van der Waals surface area contributed by atoms with Crippen LogP contribution in [0, 0.1) is 0 Å². The number of nitrogens with zero attached hydrogens (tertiary/aromatic N) is 2. The first-order valence-electron chi connectivity index (χ1n) is 15.4. The summed E-state index contributed by atoms with van der Waals surface area (Å²) in [4.78, 5) is 0. The van der Waals surface area contributed by atoms with E-state index in [0.717, 1.165) is 0 Å². The third-order valence-corrected chi connectivity index (χ3v) is 11.7. The third kappa shape index (κ3) is 3.57. The Morgan fingerprint density at radius 1 is 0.378 bits per heavy atom. The van der Waals surface area contributed by atoms with Crippen molar-refractivity contribution in [2.75, 3.05) is 0 Å². The second kappa shape index (κ2) is 9.58. The Kier molecular flexibility index (Phi) is 5.33. The fourth-order valence-corrected chi connectivity index (χ4v) is 9.75. The van der Waals surface area contributed by atoms with Crippen LogP contribution in [0.3, 0.4) is 0 Å². The van der Waals surface area contributed by atoms with Crippen molar-refractivity contribution < 1.29 is 0 Å². The van der Waals surface area contributed by atoms with E-state index in [1.54, 1.807) is 0 Å². The van der Waals surface area contributed by atoms with Gasteiger partial charge in [0.25, 0.3) is 0 Å². The summed E-state index contributed by atoms with van der Waals surface area (Å²) in [7, 11) is 0. The Balaban J connectivity index is 1.39. The molecule has 0 aliphatic rings. The van der Waals surface area contributed by atoms with Gasteiger partial charge in [-0.25, -0.2) is 0 Å². The van der Waals surface area contributed by atoms with Gasteiger partial charge in [0.2, 0.25) is 0 Å². The zero-order valence-corrected chi connectivity index (χ0v) is 26.0. The molecule has 0 atom stereocenters. The minimum absolute atomic E-state index is 0.267. The van der Waals surface area contributed by atoms with Gasteiger partial charge in [0.15, 0.2) is 0 Å². The summed E-state index contributed by atoms with van der Waals surface area (Å²) in [5.74, 6) is 0. The first-order chi connectivity index (χ1) is 22.3. The Morgan fingerprint density at radius 3 is 1.62 bits per heavy atom. The van der Waals surface area contributed by atoms with Crippen LogP contribution in [0.4, 0.5) is 0 Å². The minimum atomic E-state index is 0.267. The van der Waals surface area contributed by atoms with E-state index >= 15 is 0 Å². The van der Waals surface area contributed by atoms with Gasteiger partial charge < -0.3 is 0 Å². The van der Waals surface area contributed by atoms with Gasteiger partial charge in [0, 0.05) is 0 Å². The summed E-state index contributed by atoms with van der Waals surface area (Å²) in [6.07, 6.45) is 0. The topological polar surface area (TPSA) is 9.86 Å². The molecule has 0 amide bonds. The van der Waals surface area contributed by atoms with E-state index in [-0.39, 0.29) is 14.5 Å². The summed E-state index contributed by atoms with van der Waals surface area (Å²) in [5.41, 5.74) is 9.83. The molecule has 3 aromatic heterocycles. The molecule has 0 spiro atoms. The van der Waals surface area contributed by atoms with Gasteiger partial charge in [-0.2, -0.15) is 0 Å². The standard InChI is InChI=1S/C42H26N2Se/c1-2-12-27(13-3-1)29-24-25-40-41(34-17-7-11-21-39(34)45-40)42(29)44-37-20-10-6-16-32(37)33-23-22-28(26-38(33)44)43-35-18-8-4-14-30(35)31-15-5-9-19-36(31)43/h1-26H. The van der Waals surface area contributed by atoms with Crippen molar-refractivity contribution in [3.8, 4) is 22.5 Å². The maximum atomic E-state index is 2.56. The van der Waals surface area contributed by atoms with Gasteiger partial charge in [0.1, 0.15) is 0 Å². The van der Waals surface area contributed by atoms with E-state index in [1.165, 1.54) is 85.4 Å². The monoisotopic (exact) mass is 638 g/mol. The van der Waals surface area contributed by atoms with Gasteiger partial charge >= 0.3 is 267 Å². The molecule has 210 valence electrons. The van der Waals surface area contributed by atoms with Crippen LogP contribution in [0.1, 0.15) is 0 Å². The number of benzene rings is 7. The van der Waals surface area contributed by atoms with Gasteiger partial charge in [-0.15, -0.1) is 0 Å². The molecule has 0 aliphatic heterocycles. The molecule has 0 N–H and O–H groups in total. The molecule has 0 fully saturated rings. The van der Waals surface area contributed by atoms with Crippen LogP contribution >= 0.6 is 0 Å². The Morgan fingerprint density at radius 2 is 0.933 bits per heavy atom. The zero-order valence-electron chi connectivity index (χ0n) is 24.3. The second-order valence-corrected chi connectivity index (χ2v) is 14.0.